The Balaban J connectivity index is 2.12. The Morgan fingerprint density at radius 1 is 1.17 bits per heavy atom. The van der Waals surface area contributed by atoms with Gasteiger partial charge in [-0.25, -0.2) is 10.8 Å². The lowest BCUT2D eigenvalue weighted by atomic mass is 10.2. The molecule has 2 aromatic rings. The monoisotopic (exact) mass is 242 g/mol. The normalized spacial score (nSPS) is 10.1. The molecule has 0 radical (unpaired) electrons. The summed E-state index contributed by atoms with van der Waals surface area (Å²) in [6.45, 7) is 3.96. The van der Waals surface area contributed by atoms with E-state index in [0.29, 0.717) is 5.82 Å². The molecule has 0 unspecified atom stereocenters. The molecule has 0 fully saturated rings. The maximum atomic E-state index is 5.31. The van der Waals surface area contributed by atoms with Gasteiger partial charge in [-0.3, -0.25) is 0 Å². The van der Waals surface area contributed by atoms with Gasteiger partial charge in [-0.05, 0) is 24.6 Å². The average Bonchev–Trinajstić information content (AvgIpc) is 2.46. The summed E-state index contributed by atoms with van der Waals surface area (Å²) in [5, 5.41) is 0. The molecule has 0 saturated carbocycles. The van der Waals surface area contributed by atoms with Gasteiger partial charge in [0.25, 0.3) is 0 Å². The molecule has 1 aromatic heterocycles. The minimum absolute atomic E-state index is 0.675. The van der Waals surface area contributed by atoms with E-state index < -0.39 is 0 Å². The second-order valence-corrected chi connectivity index (χ2v) is 4.05. The molecular formula is C14H18N4. The van der Waals surface area contributed by atoms with Crippen LogP contribution in [0.15, 0.2) is 48.7 Å². The van der Waals surface area contributed by atoms with Crippen LogP contribution in [-0.2, 0) is 6.54 Å². The fraction of sp³-hybridized carbons (Fsp3) is 0.214. The molecule has 1 heterocycles. The van der Waals surface area contributed by atoms with E-state index in [4.69, 9.17) is 5.84 Å². The van der Waals surface area contributed by atoms with Crippen molar-refractivity contribution in [3.8, 4) is 0 Å². The lowest BCUT2D eigenvalue weighted by Gasteiger charge is -2.23. The highest BCUT2D eigenvalue weighted by Gasteiger charge is 2.05. The number of nitrogens with two attached hydrogens (primary N) is 1. The lowest BCUT2D eigenvalue weighted by Crippen LogP contribution is -2.22. The maximum absolute atomic E-state index is 5.31. The van der Waals surface area contributed by atoms with Gasteiger partial charge in [0.15, 0.2) is 0 Å². The summed E-state index contributed by atoms with van der Waals surface area (Å²) in [7, 11) is 0. The number of nitrogens with one attached hydrogen (secondary N) is 1. The third kappa shape index (κ3) is 2.99. The largest absolute Gasteiger partial charge is 0.366 e. The molecule has 18 heavy (non-hydrogen) atoms. The van der Waals surface area contributed by atoms with Crippen LogP contribution in [0.3, 0.4) is 0 Å². The second-order valence-electron chi connectivity index (χ2n) is 4.05. The summed E-state index contributed by atoms with van der Waals surface area (Å²) in [6, 6.07) is 14.3. The highest BCUT2D eigenvalue weighted by atomic mass is 15.2. The Kier molecular flexibility index (Phi) is 4.15. The third-order valence-electron chi connectivity index (χ3n) is 2.86. The van der Waals surface area contributed by atoms with Crippen LogP contribution in [0.4, 0.5) is 11.5 Å². The molecule has 0 amide bonds. The van der Waals surface area contributed by atoms with Gasteiger partial charge in [0.05, 0.1) is 11.9 Å². The molecule has 2 rings (SSSR count). The molecule has 0 saturated heterocycles. The molecule has 0 atom stereocenters. The smallest absolute Gasteiger partial charge is 0.140 e. The standard InChI is InChI=1S/C14H18N4/c1-2-18(11-12-6-4-3-5-7-12)13-8-9-14(17-15)16-10-13/h3-10H,2,11,15H2,1H3,(H,16,17). The highest BCUT2D eigenvalue weighted by Crippen LogP contribution is 2.17. The molecule has 0 spiro atoms. The van der Waals surface area contributed by atoms with Crippen molar-refractivity contribution >= 4 is 11.5 Å². The van der Waals surface area contributed by atoms with Gasteiger partial charge in [-0.15, -0.1) is 0 Å². The summed E-state index contributed by atoms with van der Waals surface area (Å²) in [4.78, 5) is 6.50. The van der Waals surface area contributed by atoms with E-state index in [1.165, 1.54) is 5.56 Å². The summed E-state index contributed by atoms with van der Waals surface area (Å²) in [6.07, 6.45) is 1.83. The molecule has 4 nitrogen and oxygen atoms in total. The van der Waals surface area contributed by atoms with Crippen LogP contribution in [0.5, 0.6) is 0 Å². The van der Waals surface area contributed by atoms with E-state index in [0.717, 1.165) is 18.8 Å². The number of nitrogens with zero attached hydrogens (tertiary/aromatic N) is 2. The van der Waals surface area contributed by atoms with E-state index in [1.807, 2.05) is 24.4 Å². The Morgan fingerprint density at radius 2 is 1.94 bits per heavy atom. The zero-order valence-electron chi connectivity index (χ0n) is 10.5. The minimum atomic E-state index is 0.675. The van der Waals surface area contributed by atoms with E-state index in [9.17, 15) is 0 Å². The number of pyridine rings is 1. The van der Waals surface area contributed by atoms with Crippen molar-refractivity contribution in [3.63, 3.8) is 0 Å². The van der Waals surface area contributed by atoms with Gasteiger partial charge in [-0.1, -0.05) is 30.3 Å². The van der Waals surface area contributed by atoms with Crippen LogP contribution in [0.2, 0.25) is 0 Å². The highest BCUT2D eigenvalue weighted by molar-refractivity contribution is 5.49. The van der Waals surface area contributed by atoms with Gasteiger partial charge in [0.2, 0.25) is 0 Å². The number of nitrogen functional groups attached to an aromatic ring is 1. The molecule has 1 aromatic carbocycles. The molecule has 0 aliphatic rings. The van der Waals surface area contributed by atoms with Crippen LogP contribution in [0.1, 0.15) is 12.5 Å². The fourth-order valence-corrected chi connectivity index (χ4v) is 1.85. The van der Waals surface area contributed by atoms with Crippen molar-refractivity contribution < 1.29 is 0 Å². The van der Waals surface area contributed by atoms with Crippen LogP contribution >= 0.6 is 0 Å². The first kappa shape index (κ1) is 12.4. The molecule has 0 aliphatic carbocycles. The van der Waals surface area contributed by atoms with Crippen molar-refractivity contribution in [2.24, 2.45) is 5.84 Å². The predicted octanol–water partition coefficient (Wildman–Crippen LogP) is 2.39. The average molecular weight is 242 g/mol. The SMILES string of the molecule is CCN(Cc1ccccc1)c1ccc(NN)nc1. The summed E-state index contributed by atoms with van der Waals surface area (Å²) in [5.41, 5.74) is 4.92. The maximum Gasteiger partial charge on any atom is 0.140 e. The van der Waals surface area contributed by atoms with Crippen molar-refractivity contribution in [1.29, 1.82) is 0 Å². The van der Waals surface area contributed by atoms with Crippen molar-refractivity contribution in [3.05, 3.63) is 54.2 Å². The van der Waals surface area contributed by atoms with E-state index in [-0.39, 0.29) is 0 Å². The van der Waals surface area contributed by atoms with Crippen LogP contribution in [-0.4, -0.2) is 11.5 Å². The minimum Gasteiger partial charge on any atom is -0.366 e. The Labute approximate surface area is 107 Å². The predicted molar refractivity (Wildman–Crippen MR) is 75.2 cm³/mol. The summed E-state index contributed by atoms with van der Waals surface area (Å²) in [5.74, 6) is 5.98. The van der Waals surface area contributed by atoms with Gasteiger partial charge < -0.3 is 10.3 Å². The first-order valence-corrected chi connectivity index (χ1v) is 6.05. The molecule has 4 heteroatoms. The molecule has 94 valence electrons. The van der Waals surface area contributed by atoms with Gasteiger partial charge in [0, 0.05) is 13.1 Å². The first-order chi connectivity index (χ1) is 8.83. The summed E-state index contributed by atoms with van der Waals surface area (Å²) < 4.78 is 0. The van der Waals surface area contributed by atoms with E-state index >= 15 is 0 Å². The lowest BCUT2D eigenvalue weighted by molar-refractivity contribution is 0.829. The number of hydrogen-bond donors (Lipinski definition) is 2. The number of hydrazine groups is 1. The zero-order chi connectivity index (χ0) is 12.8. The van der Waals surface area contributed by atoms with Gasteiger partial charge in [0.1, 0.15) is 5.82 Å². The van der Waals surface area contributed by atoms with Crippen LogP contribution in [0, 0.1) is 0 Å². The zero-order valence-corrected chi connectivity index (χ0v) is 10.5. The van der Waals surface area contributed by atoms with Crippen molar-refractivity contribution in [2.45, 2.75) is 13.5 Å². The van der Waals surface area contributed by atoms with Crippen LogP contribution < -0.4 is 16.2 Å². The molecular weight excluding hydrogens is 224 g/mol. The Morgan fingerprint density at radius 3 is 2.50 bits per heavy atom. The summed E-state index contributed by atoms with van der Waals surface area (Å²) >= 11 is 0. The Hall–Kier alpha value is -2.07. The van der Waals surface area contributed by atoms with Crippen LogP contribution in [0.25, 0.3) is 0 Å². The van der Waals surface area contributed by atoms with E-state index in [2.05, 4.69) is 46.5 Å². The number of rotatable bonds is 5. The number of anilines is 2. The fourth-order valence-electron chi connectivity index (χ4n) is 1.85. The third-order valence-corrected chi connectivity index (χ3v) is 2.86. The molecule has 0 bridgehead atoms. The van der Waals surface area contributed by atoms with E-state index in [1.54, 1.807) is 0 Å². The first-order valence-electron chi connectivity index (χ1n) is 6.05. The van der Waals surface area contributed by atoms with Crippen molar-refractivity contribution in [1.82, 2.24) is 4.98 Å². The Bertz CT molecular complexity index is 467. The van der Waals surface area contributed by atoms with Crippen molar-refractivity contribution in [2.75, 3.05) is 16.9 Å². The number of aromatic nitrogens is 1. The van der Waals surface area contributed by atoms with Gasteiger partial charge >= 0.3 is 0 Å². The number of benzene rings is 1. The molecule has 3 N–H and O–H groups in total. The van der Waals surface area contributed by atoms with Gasteiger partial charge in [-0.2, -0.15) is 0 Å². The topological polar surface area (TPSA) is 54.2 Å². The quantitative estimate of drug-likeness (QED) is 0.624. The molecule has 0 aliphatic heterocycles. The number of hydrogen-bond acceptors (Lipinski definition) is 4. The second kappa shape index (κ2) is 6.02.